The summed E-state index contributed by atoms with van der Waals surface area (Å²) in [5.74, 6) is -0.409. The second-order valence-electron chi connectivity index (χ2n) is 3.92. The zero-order chi connectivity index (χ0) is 14.1. The molecule has 0 radical (unpaired) electrons. The number of hydrogen-bond donors (Lipinski definition) is 2. The second kappa shape index (κ2) is 8.26. The van der Waals surface area contributed by atoms with Gasteiger partial charge in [0.05, 0.1) is 6.61 Å². The second-order valence-corrected chi connectivity index (χ2v) is 3.92. The minimum Gasteiger partial charge on any atom is -0.461 e. The molecule has 0 bridgehead atoms. The summed E-state index contributed by atoms with van der Waals surface area (Å²) in [4.78, 5) is 12.0. The number of carbonyl (C=O) groups excluding carboxylic acids is 1. The van der Waals surface area contributed by atoms with Crippen molar-refractivity contribution < 1.29 is 9.53 Å². The maximum Gasteiger partial charge on any atom is 0.359 e. The molecule has 1 aromatic carbocycles. The van der Waals surface area contributed by atoms with Gasteiger partial charge in [0, 0.05) is 12.6 Å². The van der Waals surface area contributed by atoms with E-state index >= 15 is 0 Å². The van der Waals surface area contributed by atoms with Crippen LogP contribution in [0.5, 0.6) is 0 Å². The number of likely N-dealkylation sites (N-methyl/N-ethyl adjacent to an activating group) is 1. The lowest BCUT2D eigenvalue weighted by Gasteiger charge is -2.11. The first-order valence-electron chi connectivity index (χ1n) is 6.39. The predicted octanol–water partition coefficient (Wildman–Crippen LogP) is 0.935. The van der Waals surface area contributed by atoms with Gasteiger partial charge in [-0.1, -0.05) is 24.3 Å². The zero-order valence-corrected chi connectivity index (χ0v) is 11.7. The summed E-state index contributed by atoms with van der Waals surface area (Å²) in [7, 11) is 3.56. The van der Waals surface area contributed by atoms with E-state index in [9.17, 15) is 4.79 Å². The molecule has 0 amide bonds. The van der Waals surface area contributed by atoms with E-state index in [1.54, 1.807) is 14.0 Å². The Balaban J connectivity index is 3.08. The van der Waals surface area contributed by atoms with Gasteiger partial charge in [-0.15, -0.1) is 0 Å². The third-order valence-corrected chi connectivity index (χ3v) is 2.61. The van der Waals surface area contributed by atoms with E-state index in [1.807, 2.05) is 31.3 Å². The van der Waals surface area contributed by atoms with Gasteiger partial charge in [0.2, 0.25) is 0 Å². The molecule has 0 spiro atoms. The predicted molar refractivity (Wildman–Crippen MR) is 76.3 cm³/mol. The smallest absolute Gasteiger partial charge is 0.359 e. The molecule has 0 saturated carbocycles. The Bertz CT molecular complexity index is 444. The van der Waals surface area contributed by atoms with Gasteiger partial charge in [-0.25, -0.2) is 4.79 Å². The molecule has 2 N–H and O–H groups in total. The van der Waals surface area contributed by atoms with Gasteiger partial charge in [0.25, 0.3) is 0 Å². The molecule has 0 aromatic heterocycles. The van der Waals surface area contributed by atoms with Gasteiger partial charge >= 0.3 is 5.97 Å². The van der Waals surface area contributed by atoms with Crippen molar-refractivity contribution in [3.05, 3.63) is 35.4 Å². The van der Waals surface area contributed by atoms with E-state index in [4.69, 9.17) is 4.74 Å². The van der Waals surface area contributed by atoms with Crippen molar-refractivity contribution in [2.45, 2.75) is 13.3 Å². The van der Waals surface area contributed by atoms with Crippen LogP contribution in [0, 0.1) is 0 Å². The number of nitrogens with zero attached hydrogens (tertiary/aromatic N) is 1. The molecule has 0 fully saturated rings. The van der Waals surface area contributed by atoms with Gasteiger partial charge in [0.15, 0.2) is 5.71 Å². The molecule has 0 aliphatic heterocycles. The van der Waals surface area contributed by atoms with Crippen LogP contribution in [-0.4, -0.2) is 38.9 Å². The van der Waals surface area contributed by atoms with Crippen LogP contribution in [0.2, 0.25) is 0 Å². The van der Waals surface area contributed by atoms with Crippen LogP contribution < -0.4 is 10.7 Å². The number of esters is 1. The molecule has 1 aromatic rings. The lowest BCUT2D eigenvalue weighted by atomic mass is 10.0. The highest BCUT2D eigenvalue weighted by Crippen LogP contribution is 2.12. The maximum absolute atomic E-state index is 12.0. The van der Waals surface area contributed by atoms with E-state index < -0.39 is 5.97 Å². The molecule has 19 heavy (non-hydrogen) atoms. The minimum absolute atomic E-state index is 0.316. The van der Waals surface area contributed by atoms with E-state index in [0.717, 1.165) is 24.1 Å². The first kappa shape index (κ1) is 15.2. The van der Waals surface area contributed by atoms with Crippen molar-refractivity contribution in [1.82, 2.24) is 10.7 Å². The minimum atomic E-state index is -0.409. The summed E-state index contributed by atoms with van der Waals surface area (Å²) in [6, 6.07) is 7.73. The van der Waals surface area contributed by atoms with Gasteiger partial charge in [-0.3, -0.25) is 0 Å². The van der Waals surface area contributed by atoms with Crippen LogP contribution in [-0.2, 0) is 16.0 Å². The van der Waals surface area contributed by atoms with Crippen LogP contribution in [0.25, 0.3) is 0 Å². The van der Waals surface area contributed by atoms with Crippen LogP contribution in [0.3, 0.4) is 0 Å². The zero-order valence-electron chi connectivity index (χ0n) is 11.7. The van der Waals surface area contributed by atoms with Crippen LogP contribution in [0.4, 0.5) is 0 Å². The molecule has 104 valence electrons. The van der Waals surface area contributed by atoms with Gasteiger partial charge in [-0.05, 0) is 32.5 Å². The largest absolute Gasteiger partial charge is 0.461 e. The van der Waals surface area contributed by atoms with E-state index in [2.05, 4.69) is 15.8 Å². The first-order chi connectivity index (χ1) is 9.24. The quantitative estimate of drug-likeness (QED) is 0.436. The Labute approximate surface area is 114 Å². The summed E-state index contributed by atoms with van der Waals surface area (Å²) in [5, 5.41) is 7.15. The standard InChI is InChI=1S/C14H21N3O2/c1-4-19-14(18)13(17-16-3)12-8-6-5-7-11(12)9-10-15-2/h5-8,15-16H,4,9-10H2,1-3H3. The summed E-state index contributed by atoms with van der Waals surface area (Å²) in [6.07, 6.45) is 0.828. The average molecular weight is 263 g/mol. The van der Waals surface area contributed by atoms with Crippen molar-refractivity contribution in [1.29, 1.82) is 0 Å². The molecule has 5 nitrogen and oxygen atoms in total. The van der Waals surface area contributed by atoms with E-state index in [1.165, 1.54) is 0 Å². The molecule has 0 heterocycles. The van der Waals surface area contributed by atoms with Crippen molar-refractivity contribution in [3.63, 3.8) is 0 Å². The van der Waals surface area contributed by atoms with Gasteiger partial charge in [0.1, 0.15) is 0 Å². The molecular formula is C14H21N3O2. The van der Waals surface area contributed by atoms with Gasteiger partial charge < -0.3 is 15.5 Å². The number of ether oxygens (including phenoxy) is 1. The van der Waals surface area contributed by atoms with Crippen LogP contribution >= 0.6 is 0 Å². The average Bonchev–Trinajstić information content (AvgIpc) is 2.43. The number of hydrogen-bond acceptors (Lipinski definition) is 5. The molecule has 0 atom stereocenters. The third-order valence-electron chi connectivity index (χ3n) is 2.61. The van der Waals surface area contributed by atoms with E-state index in [-0.39, 0.29) is 0 Å². The molecule has 0 aliphatic carbocycles. The number of benzene rings is 1. The Morgan fingerprint density at radius 2 is 2.05 bits per heavy atom. The summed E-state index contributed by atoms with van der Waals surface area (Å²) in [6.45, 7) is 2.95. The van der Waals surface area contributed by atoms with Crippen molar-refractivity contribution >= 4 is 11.7 Å². The Morgan fingerprint density at radius 1 is 1.32 bits per heavy atom. The first-order valence-corrected chi connectivity index (χ1v) is 6.39. The topological polar surface area (TPSA) is 62.7 Å². The highest BCUT2D eigenvalue weighted by molar-refractivity contribution is 6.43. The fourth-order valence-electron chi connectivity index (χ4n) is 1.76. The van der Waals surface area contributed by atoms with Crippen molar-refractivity contribution in [2.75, 3.05) is 27.2 Å². The summed E-state index contributed by atoms with van der Waals surface area (Å²) >= 11 is 0. The summed E-state index contributed by atoms with van der Waals surface area (Å²) in [5.41, 5.74) is 4.86. The SMILES string of the molecule is CCOC(=O)C(=NNC)c1ccccc1CCNC. The number of nitrogens with one attached hydrogen (secondary N) is 2. The molecule has 0 aliphatic rings. The normalized spacial score (nSPS) is 11.2. The fraction of sp³-hybridized carbons (Fsp3) is 0.429. The lowest BCUT2D eigenvalue weighted by Crippen LogP contribution is -2.23. The lowest BCUT2D eigenvalue weighted by molar-refractivity contribution is -0.134. The van der Waals surface area contributed by atoms with Gasteiger partial charge in [-0.2, -0.15) is 5.10 Å². The fourth-order valence-corrected chi connectivity index (χ4v) is 1.76. The Hall–Kier alpha value is -1.88. The molecule has 0 saturated heterocycles. The van der Waals surface area contributed by atoms with E-state index in [0.29, 0.717) is 12.3 Å². The molecule has 1 rings (SSSR count). The Kier molecular flexibility index (Phi) is 6.60. The highest BCUT2D eigenvalue weighted by Gasteiger charge is 2.18. The number of carbonyl (C=O) groups is 1. The number of hydrazone groups is 1. The van der Waals surface area contributed by atoms with Crippen molar-refractivity contribution in [2.24, 2.45) is 5.10 Å². The maximum atomic E-state index is 12.0. The summed E-state index contributed by atoms with van der Waals surface area (Å²) < 4.78 is 5.05. The third kappa shape index (κ3) is 4.37. The highest BCUT2D eigenvalue weighted by atomic mass is 16.5. The number of rotatable bonds is 7. The molecule has 0 unspecified atom stereocenters. The molecular weight excluding hydrogens is 242 g/mol. The van der Waals surface area contributed by atoms with Crippen molar-refractivity contribution in [3.8, 4) is 0 Å². The van der Waals surface area contributed by atoms with Crippen LogP contribution in [0.15, 0.2) is 29.4 Å². The van der Waals surface area contributed by atoms with Crippen LogP contribution in [0.1, 0.15) is 18.1 Å². The Morgan fingerprint density at radius 3 is 2.68 bits per heavy atom. The molecule has 5 heteroatoms. The monoisotopic (exact) mass is 263 g/mol.